The molecule has 0 spiro atoms. The zero-order chi connectivity index (χ0) is 16.8. The summed E-state index contributed by atoms with van der Waals surface area (Å²) < 4.78 is 19.1. The highest BCUT2D eigenvalue weighted by atomic mass is 32.2. The van der Waals surface area contributed by atoms with Crippen molar-refractivity contribution in [3.8, 4) is 0 Å². The maximum Gasteiger partial charge on any atom is 0.254 e. The van der Waals surface area contributed by atoms with E-state index in [0.717, 1.165) is 12.8 Å². The number of rotatable bonds is 5. The predicted molar refractivity (Wildman–Crippen MR) is 93.8 cm³/mol. The van der Waals surface area contributed by atoms with E-state index in [2.05, 4.69) is 17.4 Å². The largest absolute Gasteiger partial charge is 0.381 e. The van der Waals surface area contributed by atoms with Crippen molar-refractivity contribution in [2.24, 2.45) is 0 Å². The summed E-state index contributed by atoms with van der Waals surface area (Å²) in [6.45, 7) is 1.84. The monoisotopic (exact) mass is 345 g/mol. The number of hydrogen-bond donors (Lipinski definition) is 1. The molecule has 1 heterocycles. The Labute approximate surface area is 145 Å². The molecule has 1 amide bonds. The fourth-order valence-corrected chi connectivity index (χ4v) is 4.09. The molecule has 0 saturated carbocycles. The van der Waals surface area contributed by atoms with Crippen molar-refractivity contribution in [1.29, 1.82) is 0 Å². The second-order valence-corrected chi connectivity index (χ2v) is 7.41. The van der Waals surface area contributed by atoms with Gasteiger partial charge in [0.25, 0.3) is 5.91 Å². The van der Waals surface area contributed by atoms with Crippen LogP contribution in [0.2, 0.25) is 0 Å². The van der Waals surface area contributed by atoms with Gasteiger partial charge in [-0.1, -0.05) is 30.3 Å². The van der Waals surface area contributed by atoms with Crippen LogP contribution in [0.3, 0.4) is 0 Å². The van der Waals surface area contributed by atoms with Gasteiger partial charge < -0.3 is 10.1 Å². The zero-order valence-electron chi connectivity index (χ0n) is 13.3. The SMILES string of the molecule is O=C(NCC1(Sc2ccccc2)CCOCC1)c1ccccc1F. The van der Waals surface area contributed by atoms with E-state index in [9.17, 15) is 9.18 Å². The molecule has 2 aromatic carbocycles. The fraction of sp³-hybridized carbons (Fsp3) is 0.316. The van der Waals surface area contributed by atoms with E-state index in [1.165, 1.54) is 17.0 Å². The van der Waals surface area contributed by atoms with Crippen molar-refractivity contribution in [1.82, 2.24) is 5.32 Å². The second-order valence-electron chi connectivity index (χ2n) is 5.87. The van der Waals surface area contributed by atoms with Gasteiger partial charge in [-0.15, -0.1) is 11.8 Å². The van der Waals surface area contributed by atoms with Crippen LogP contribution in [0.4, 0.5) is 4.39 Å². The van der Waals surface area contributed by atoms with Crippen molar-refractivity contribution in [3.63, 3.8) is 0 Å². The Morgan fingerprint density at radius 2 is 1.75 bits per heavy atom. The maximum absolute atomic E-state index is 13.8. The number of carbonyl (C=O) groups is 1. The number of carbonyl (C=O) groups excluding carboxylic acids is 1. The first-order chi connectivity index (χ1) is 11.7. The highest BCUT2D eigenvalue weighted by Crippen LogP contribution is 2.40. The topological polar surface area (TPSA) is 38.3 Å². The summed E-state index contributed by atoms with van der Waals surface area (Å²) in [5, 5.41) is 2.92. The van der Waals surface area contributed by atoms with Crippen LogP contribution in [0.25, 0.3) is 0 Å². The molecule has 0 atom stereocenters. The molecule has 3 rings (SSSR count). The first kappa shape index (κ1) is 17.0. The minimum Gasteiger partial charge on any atom is -0.381 e. The lowest BCUT2D eigenvalue weighted by molar-refractivity contribution is 0.0740. The predicted octanol–water partition coefficient (Wildman–Crippen LogP) is 3.90. The van der Waals surface area contributed by atoms with Crippen LogP contribution in [-0.2, 0) is 4.74 Å². The van der Waals surface area contributed by atoms with Crippen molar-refractivity contribution in [2.75, 3.05) is 19.8 Å². The molecular weight excluding hydrogens is 325 g/mol. The van der Waals surface area contributed by atoms with Gasteiger partial charge in [-0.05, 0) is 37.1 Å². The molecule has 1 fully saturated rings. The number of thioether (sulfide) groups is 1. The minimum absolute atomic E-state index is 0.0874. The van der Waals surface area contributed by atoms with E-state index in [1.807, 2.05) is 18.2 Å². The van der Waals surface area contributed by atoms with Gasteiger partial charge in [0.2, 0.25) is 0 Å². The number of halogens is 1. The smallest absolute Gasteiger partial charge is 0.254 e. The Morgan fingerprint density at radius 3 is 2.46 bits per heavy atom. The van der Waals surface area contributed by atoms with Crippen molar-refractivity contribution in [2.45, 2.75) is 22.5 Å². The molecular formula is C19H20FNO2S. The Hall–Kier alpha value is -1.85. The molecule has 1 aliphatic rings. The first-order valence-electron chi connectivity index (χ1n) is 8.03. The van der Waals surface area contributed by atoms with Crippen LogP contribution in [0.1, 0.15) is 23.2 Å². The van der Waals surface area contributed by atoms with Gasteiger partial charge in [0.1, 0.15) is 5.82 Å². The molecule has 5 heteroatoms. The van der Waals surface area contributed by atoms with Gasteiger partial charge in [0.15, 0.2) is 0 Å². The van der Waals surface area contributed by atoms with Crippen LogP contribution >= 0.6 is 11.8 Å². The Morgan fingerprint density at radius 1 is 1.08 bits per heavy atom. The van der Waals surface area contributed by atoms with E-state index >= 15 is 0 Å². The number of hydrogen-bond acceptors (Lipinski definition) is 3. The van der Waals surface area contributed by atoms with Crippen molar-refractivity contribution in [3.05, 3.63) is 66.0 Å². The summed E-state index contributed by atoms with van der Waals surface area (Å²) in [7, 11) is 0. The second kappa shape index (κ2) is 7.81. The lowest BCUT2D eigenvalue weighted by atomic mass is 9.99. The standard InChI is InChI=1S/C19H20FNO2S/c20-17-9-5-4-8-16(17)18(22)21-14-19(10-12-23-13-11-19)24-15-6-2-1-3-7-15/h1-9H,10-14H2,(H,21,22). The normalized spacial score (nSPS) is 16.5. The summed E-state index contributed by atoms with van der Waals surface area (Å²) in [4.78, 5) is 13.5. The van der Waals surface area contributed by atoms with Crippen molar-refractivity contribution < 1.29 is 13.9 Å². The van der Waals surface area contributed by atoms with E-state index in [1.54, 1.807) is 23.9 Å². The molecule has 3 nitrogen and oxygen atoms in total. The molecule has 0 unspecified atom stereocenters. The summed E-state index contributed by atoms with van der Waals surface area (Å²) in [5.74, 6) is -0.862. The van der Waals surface area contributed by atoms with Gasteiger partial charge in [0.05, 0.1) is 5.56 Å². The Bertz CT molecular complexity index is 687. The van der Waals surface area contributed by atoms with Crippen LogP contribution in [0.15, 0.2) is 59.5 Å². The quantitative estimate of drug-likeness (QED) is 0.893. The van der Waals surface area contributed by atoms with E-state index < -0.39 is 5.82 Å². The maximum atomic E-state index is 13.8. The van der Waals surface area contributed by atoms with Crippen molar-refractivity contribution >= 4 is 17.7 Å². The van der Waals surface area contributed by atoms with Gasteiger partial charge in [-0.25, -0.2) is 4.39 Å². The lowest BCUT2D eigenvalue weighted by Crippen LogP contribution is -2.44. The minimum atomic E-state index is -0.494. The molecule has 1 saturated heterocycles. The van der Waals surface area contributed by atoms with E-state index in [0.29, 0.717) is 19.8 Å². The van der Waals surface area contributed by atoms with Crippen LogP contribution in [0, 0.1) is 5.82 Å². The third-order valence-corrected chi connectivity index (χ3v) is 5.66. The van der Waals surface area contributed by atoms with Crippen LogP contribution in [0.5, 0.6) is 0 Å². The van der Waals surface area contributed by atoms with Gasteiger partial charge in [0, 0.05) is 29.4 Å². The average molecular weight is 345 g/mol. The number of amides is 1. The molecule has 0 aliphatic carbocycles. The van der Waals surface area contributed by atoms with Gasteiger partial charge in [-0.3, -0.25) is 4.79 Å². The summed E-state index contributed by atoms with van der Waals surface area (Å²) >= 11 is 1.76. The third kappa shape index (κ3) is 4.16. The third-order valence-electron chi connectivity index (χ3n) is 4.17. The number of benzene rings is 2. The number of ether oxygens (including phenoxy) is 1. The molecule has 126 valence electrons. The lowest BCUT2D eigenvalue weighted by Gasteiger charge is -2.36. The molecule has 1 N–H and O–H groups in total. The van der Waals surface area contributed by atoms with Gasteiger partial charge in [-0.2, -0.15) is 0 Å². The molecule has 1 aliphatic heterocycles. The average Bonchev–Trinajstić information content (AvgIpc) is 2.62. The molecule has 24 heavy (non-hydrogen) atoms. The molecule has 0 aromatic heterocycles. The van der Waals surface area contributed by atoms with E-state index in [4.69, 9.17) is 4.74 Å². The zero-order valence-corrected chi connectivity index (χ0v) is 14.2. The summed E-state index contributed by atoms with van der Waals surface area (Å²) in [6, 6.07) is 16.2. The van der Waals surface area contributed by atoms with Gasteiger partial charge >= 0.3 is 0 Å². The summed E-state index contributed by atoms with van der Waals surface area (Å²) in [6.07, 6.45) is 1.70. The number of nitrogens with one attached hydrogen (secondary N) is 1. The van der Waals surface area contributed by atoms with Crippen LogP contribution < -0.4 is 5.32 Å². The molecule has 0 bridgehead atoms. The molecule has 0 radical (unpaired) electrons. The fourth-order valence-electron chi connectivity index (χ4n) is 2.78. The Balaban J connectivity index is 1.70. The summed E-state index contributed by atoms with van der Waals surface area (Å²) in [5.41, 5.74) is 0.0874. The highest BCUT2D eigenvalue weighted by Gasteiger charge is 2.34. The van der Waals surface area contributed by atoms with Crippen LogP contribution in [-0.4, -0.2) is 30.4 Å². The highest BCUT2D eigenvalue weighted by molar-refractivity contribution is 8.00. The first-order valence-corrected chi connectivity index (χ1v) is 8.85. The Kier molecular flexibility index (Phi) is 5.53. The van der Waals surface area contributed by atoms with E-state index in [-0.39, 0.29) is 16.2 Å². The molecule has 2 aromatic rings.